The number of hydrogen-bond acceptors (Lipinski definition) is 10. The number of nitrogens with two attached hydrogens (primary N) is 1. The molecule has 0 radical (unpaired) electrons. The van der Waals surface area contributed by atoms with Crippen LogP contribution < -0.4 is 21.3 Å². The Kier molecular flexibility index (Phi) is 12.0. The van der Waals surface area contributed by atoms with Crippen LogP contribution in [0.1, 0.15) is 61.2 Å². The SMILES string of the molecule is Nc1ccccc1NC(=O)CCCCC(=O)Nc1cccc(C2OC(CN3CCN(c4ncccn4)CC3)CC(c3ccc(CO)cc3)O2)c1. The van der Waals surface area contributed by atoms with Crippen molar-refractivity contribution in [2.24, 2.45) is 0 Å². The number of benzene rings is 3. The molecule has 50 heavy (non-hydrogen) atoms. The number of aromatic nitrogens is 2. The first-order chi connectivity index (χ1) is 24.4. The van der Waals surface area contributed by atoms with Crippen LogP contribution in [0.3, 0.4) is 0 Å². The average molecular weight is 680 g/mol. The number of nitrogens with zero attached hydrogens (tertiary/aromatic N) is 4. The smallest absolute Gasteiger partial charge is 0.225 e. The van der Waals surface area contributed by atoms with Crippen molar-refractivity contribution in [2.45, 2.75) is 57.2 Å². The van der Waals surface area contributed by atoms with E-state index in [0.29, 0.717) is 49.2 Å². The van der Waals surface area contributed by atoms with Gasteiger partial charge in [-0.3, -0.25) is 14.5 Å². The van der Waals surface area contributed by atoms with Crippen molar-refractivity contribution in [3.63, 3.8) is 0 Å². The van der Waals surface area contributed by atoms with Crippen LogP contribution in [0.15, 0.2) is 91.3 Å². The number of amides is 2. The molecule has 0 saturated carbocycles. The maximum atomic E-state index is 12.8. The molecule has 12 nitrogen and oxygen atoms in total. The van der Waals surface area contributed by atoms with Crippen molar-refractivity contribution in [3.8, 4) is 0 Å². The molecule has 3 aromatic carbocycles. The Bertz CT molecular complexity index is 1700. The van der Waals surface area contributed by atoms with Gasteiger partial charge in [-0.15, -0.1) is 0 Å². The molecule has 3 unspecified atom stereocenters. The summed E-state index contributed by atoms with van der Waals surface area (Å²) < 4.78 is 13.1. The van der Waals surface area contributed by atoms with E-state index in [9.17, 15) is 14.7 Å². The first kappa shape index (κ1) is 35.0. The van der Waals surface area contributed by atoms with Crippen LogP contribution in [0.5, 0.6) is 0 Å². The summed E-state index contributed by atoms with van der Waals surface area (Å²) in [4.78, 5) is 38.6. The molecule has 3 heterocycles. The van der Waals surface area contributed by atoms with E-state index in [4.69, 9.17) is 15.2 Å². The molecule has 5 N–H and O–H groups in total. The maximum Gasteiger partial charge on any atom is 0.225 e. The molecule has 6 rings (SSSR count). The lowest BCUT2D eigenvalue weighted by Crippen LogP contribution is -2.50. The van der Waals surface area contributed by atoms with Gasteiger partial charge >= 0.3 is 0 Å². The zero-order valence-corrected chi connectivity index (χ0v) is 28.1. The summed E-state index contributed by atoms with van der Waals surface area (Å²) in [5.41, 5.74) is 10.4. The van der Waals surface area contributed by atoms with E-state index in [1.54, 1.807) is 24.5 Å². The summed E-state index contributed by atoms with van der Waals surface area (Å²) in [6.45, 7) is 4.14. The molecule has 0 bridgehead atoms. The Morgan fingerprint density at radius 3 is 2.26 bits per heavy atom. The van der Waals surface area contributed by atoms with E-state index >= 15 is 0 Å². The van der Waals surface area contributed by atoms with Gasteiger partial charge in [-0.2, -0.15) is 0 Å². The Morgan fingerprint density at radius 1 is 0.820 bits per heavy atom. The first-order valence-electron chi connectivity index (χ1n) is 17.2. The number of rotatable bonds is 13. The van der Waals surface area contributed by atoms with Gasteiger partial charge < -0.3 is 35.8 Å². The van der Waals surface area contributed by atoms with Gasteiger partial charge in [0.05, 0.1) is 30.2 Å². The predicted molar refractivity (Wildman–Crippen MR) is 192 cm³/mol. The number of unbranched alkanes of at least 4 members (excludes halogenated alkanes) is 1. The van der Waals surface area contributed by atoms with Crippen LogP contribution in [0.25, 0.3) is 0 Å². The topological polar surface area (TPSA) is 155 Å². The molecule has 12 heteroatoms. The van der Waals surface area contributed by atoms with E-state index in [-0.39, 0.29) is 30.6 Å². The molecule has 3 atom stereocenters. The number of carbonyl (C=O) groups is 2. The standard InChI is InChI=1S/C38H45N7O5/c39-32-9-1-2-10-33(32)43-36(48)12-4-3-11-35(47)42-30-8-5-7-29(23-30)37-49-31(24-34(50-37)28-15-13-27(26-46)14-16-28)25-44-19-21-45(22-20-44)38-40-17-6-18-41-38/h1-2,5-10,13-18,23,31,34,37,46H,3-4,11-12,19-22,24-26,39H2,(H,42,47)(H,43,48). The number of aliphatic hydroxyl groups is 1. The minimum absolute atomic E-state index is 0.0160. The van der Waals surface area contributed by atoms with Crippen molar-refractivity contribution < 1.29 is 24.2 Å². The van der Waals surface area contributed by atoms with E-state index in [0.717, 1.165) is 55.4 Å². The third-order valence-corrected chi connectivity index (χ3v) is 9.02. The van der Waals surface area contributed by atoms with Crippen LogP contribution in [-0.4, -0.2) is 70.6 Å². The van der Waals surface area contributed by atoms with Gasteiger partial charge in [-0.05, 0) is 54.3 Å². The number of aliphatic hydroxyl groups excluding tert-OH is 1. The molecule has 2 fully saturated rings. The van der Waals surface area contributed by atoms with Gasteiger partial charge in [0.2, 0.25) is 17.8 Å². The number of ether oxygens (including phenoxy) is 2. The lowest BCUT2D eigenvalue weighted by Gasteiger charge is -2.40. The molecule has 262 valence electrons. The van der Waals surface area contributed by atoms with E-state index in [1.165, 1.54) is 0 Å². The van der Waals surface area contributed by atoms with Crippen LogP contribution >= 0.6 is 0 Å². The normalized spacial score (nSPS) is 19.5. The van der Waals surface area contributed by atoms with E-state index in [1.807, 2.05) is 66.7 Å². The minimum atomic E-state index is -0.635. The van der Waals surface area contributed by atoms with Gasteiger partial charge in [0.1, 0.15) is 0 Å². The first-order valence-corrected chi connectivity index (χ1v) is 17.2. The predicted octanol–water partition coefficient (Wildman–Crippen LogP) is 5.06. The molecule has 2 aliphatic rings. The fourth-order valence-electron chi connectivity index (χ4n) is 6.29. The van der Waals surface area contributed by atoms with Crippen molar-refractivity contribution in [3.05, 3.63) is 108 Å². The zero-order chi connectivity index (χ0) is 34.7. The second-order valence-corrected chi connectivity index (χ2v) is 12.7. The molecule has 0 aliphatic carbocycles. The summed E-state index contributed by atoms with van der Waals surface area (Å²) in [7, 11) is 0. The molecule has 4 aromatic rings. The number of para-hydroxylation sites is 2. The van der Waals surface area contributed by atoms with Gasteiger partial charge in [0.15, 0.2) is 6.29 Å². The van der Waals surface area contributed by atoms with Gasteiger partial charge in [0, 0.05) is 75.6 Å². The van der Waals surface area contributed by atoms with Crippen molar-refractivity contribution in [1.29, 1.82) is 0 Å². The number of carbonyl (C=O) groups excluding carboxylic acids is 2. The minimum Gasteiger partial charge on any atom is -0.397 e. The molecule has 2 amide bonds. The van der Waals surface area contributed by atoms with Crippen molar-refractivity contribution >= 4 is 34.8 Å². The summed E-state index contributed by atoms with van der Waals surface area (Å²) in [5, 5.41) is 15.4. The Hall–Kier alpha value is -4.88. The summed E-state index contributed by atoms with van der Waals surface area (Å²) in [6, 6.07) is 24.4. The van der Waals surface area contributed by atoms with Gasteiger partial charge in [0.25, 0.3) is 0 Å². The summed E-state index contributed by atoms with van der Waals surface area (Å²) in [5.74, 6) is 0.499. The molecular weight excluding hydrogens is 634 g/mol. The Balaban J connectivity index is 1.04. The third kappa shape index (κ3) is 9.63. The molecular formula is C38H45N7O5. The highest BCUT2D eigenvalue weighted by molar-refractivity contribution is 5.94. The third-order valence-electron chi connectivity index (χ3n) is 9.02. The van der Waals surface area contributed by atoms with Gasteiger partial charge in [-0.25, -0.2) is 9.97 Å². The second-order valence-electron chi connectivity index (χ2n) is 12.7. The molecule has 1 aromatic heterocycles. The highest BCUT2D eigenvalue weighted by atomic mass is 16.7. The van der Waals surface area contributed by atoms with Gasteiger partial charge in [-0.1, -0.05) is 48.5 Å². The summed E-state index contributed by atoms with van der Waals surface area (Å²) >= 11 is 0. The number of nitrogens with one attached hydrogen (secondary N) is 2. The fourth-order valence-corrected chi connectivity index (χ4v) is 6.29. The quantitative estimate of drug-likeness (QED) is 0.111. The maximum absolute atomic E-state index is 12.8. The monoisotopic (exact) mass is 679 g/mol. The van der Waals surface area contributed by atoms with Crippen molar-refractivity contribution in [2.75, 3.05) is 54.0 Å². The van der Waals surface area contributed by atoms with Crippen LogP contribution in [-0.2, 0) is 25.7 Å². The van der Waals surface area contributed by atoms with Crippen LogP contribution in [0.4, 0.5) is 23.0 Å². The van der Waals surface area contributed by atoms with Crippen LogP contribution in [0.2, 0.25) is 0 Å². The highest BCUT2D eigenvalue weighted by Gasteiger charge is 2.34. The highest BCUT2D eigenvalue weighted by Crippen LogP contribution is 2.39. The molecule has 2 aliphatic heterocycles. The Labute approximate surface area is 292 Å². The lowest BCUT2D eigenvalue weighted by atomic mass is 9.99. The van der Waals surface area contributed by atoms with E-state index in [2.05, 4.69) is 30.4 Å². The largest absolute Gasteiger partial charge is 0.397 e. The second kappa shape index (κ2) is 17.2. The zero-order valence-electron chi connectivity index (χ0n) is 28.1. The number of nitrogen functional groups attached to an aromatic ring is 1. The van der Waals surface area contributed by atoms with Crippen LogP contribution in [0, 0.1) is 0 Å². The Morgan fingerprint density at radius 2 is 1.54 bits per heavy atom. The number of anilines is 4. The lowest BCUT2D eigenvalue weighted by molar-refractivity contribution is -0.253. The molecule has 0 spiro atoms. The van der Waals surface area contributed by atoms with Crippen molar-refractivity contribution in [1.82, 2.24) is 14.9 Å². The fraction of sp³-hybridized carbons (Fsp3) is 0.368. The molecule has 2 saturated heterocycles. The average Bonchev–Trinajstić information content (AvgIpc) is 3.15. The number of hydrogen-bond donors (Lipinski definition) is 4. The number of piperazine rings is 1. The summed E-state index contributed by atoms with van der Waals surface area (Å²) in [6.07, 6.45) is 5.03. The van der Waals surface area contributed by atoms with E-state index < -0.39 is 6.29 Å².